The van der Waals surface area contributed by atoms with Crippen LogP contribution in [0.3, 0.4) is 0 Å². The Kier molecular flexibility index (Phi) is 4.68. The molecule has 0 saturated carbocycles. The summed E-state index contributed by atoms with van der Waals surface area (Å²) in [6, 6.07) is 18.6. The van der Waals surface area contributed by atoms with Gasteiger partial charge in [-0.15, -0.1) is 11.3 Å². The summed E-state index contributed by atoms with van der Waals surface area (Å²) in [6.45, 7) is 2.06. The van der Waals surface area contributed by atoms with Gasteiger partial charge in [-0.1, -0.05) is 6.07 Å². The number of rotatable bonds is 3. The van der Waals surface area contributed by atoms with Crippen molar-refractivity contribution in [3.63, 3.8) is 0 Å². The average molecular weight is 427 g/mol. The van der Waals surface area contributed by atoms with Crippen molar-refractivity contribution in [3.05, 3.63) is 72.6 Å². The van der Waals surface area contributed by atoms with Gasteiger partial charge in [-0.05, 0) is 67.1 Å². The molecule has 2 heterocycles. The van der Waals surface area contributed by atoms with Crippen LogP contribution < -0.4 is 10.6 Å². The number of aromatic amines is 1. The highest BCUT2D eigenvalue weighted by atomic mass is 32.1. The molecule has 0 fully saturated rings. The van der Waals surface area contributed by atoms with E-state index in [1.807, 2.05) is 24.3 Å². The number of benzene rings is 3. The van der Waals surface area contributed by atoms with Gasteiger partial charge in [0.1, 0.15) is 5.01 Å². The van der Waals surface area contributed by atoms with E-state index in [9.17, 15) is 9.59 Å². The van der Waals surface area contributed by atoms with Gasteiger partial charge in [0.25, 0.3) is 0 Å². The summed E-state index contributed by atoms with van der Waals surface area (Å²) in [5.74, 6) is -1.49. The third-order valence-electron chi connectivity index (χ3n) is 4.82. The van der Waals surface area contributed by atoms with E-state index >= 15 is 0 Å². The minimum atomic E-state index is -0.746. The first-order chi connectivity index (χ1) is 15.0. The molecule has 0 spiro atoms. The number of amides is 2. The second-order valence-electron chi connectivity index (χ2n) is 7.11. The van der Waals surface area contributed by atoms with Gasteiger partial charge in [-0.25, -0.2) is 9.97 Å². The lowest BCUT2D eigenvalue weighted by molar-refractivity contribution is -0.132. The summed E-state index contributed by atoms with van der Waals surface area (Å²) >= 11 is 1.62. The molecule has 3 N–H and O–H groups in total. The molecule has 0 atom stereocenters. The second kappa shape index (κ2) is 7.66. The summed E-state index contributed by atoms with van der Waals surface area (Å²) in [5, 5.41) is 6.12. The Balaban J connectivity index is 1.26. The minimum Gasteiger partial charge on any atom is -0.345 e. The summed E-state index contributed by atoms with van der Waals surface area (Å²) in [6.07, 6.45) is 1.57. The fraction of sp³-hybridized carbons (Fsp3) is 0.0435. The zero-order valence-corrected chi connectivity index (χ0v) is 17.3. The third-order valence-corrected chi connectivity index (χ3v) is 5.89. The SMILES string of the molecule is Cc1ccc2nc(-c3ccc(NC(=O)C(=O)Nc4ccc5nc[nH]c5c4)cc3)sc2c1. The van der Waals surface area contributed by atoms with E-state index in [-0.39, 0.29) is 0 Å². The van der Waals surface area contributed by atoms with Crippen LogP contribution >= 0.6 is 11.3 Å². The maximum Gasteiger partial charge on any atom is 0.314 e. The van der Waals surface area contributed by atoms with E-state index in [4.69, 9.17) is 0 Å². The van der Waals surface area contributed by atoms with Gasteiger partial charge in [0.2, 0.25) is 0 Å². The van der Waals surface area contributed by atoms with Crippen molar-refractivity contribution in [2.75, 3.05) is 10.6 Å². The summed E-state index contributed by atoms with van der Waals surface area (Å²) in [7, 11) is 0. The number of carbonyl (C=O) groups is 2. The van der Waals surface area contributed by atoms with Gasteiger partial charge in [-0.2, -0.15) is 0 Å². The molecule has 2 amide bonds. The zero-order chi connectivity index (χ0) is 21.4. The first-order valence-electron chi connectivity index (χ1n) is 9.58. The Morgan fingerprint density at radius 1 is 0.871 bits per heavy atom. The Morgan fingerprint density at radius 2 is 1.58 bits per heavy atom. The van der Waals surface area contributed by atoms with Crippen LogP contribution in [0.25, 0.3) is 31.8 Å². The van der Waals surface area contributed by atoms with Crippen LogP contribution in [0.15, 0.2) is 67.0 Å². The molecule has 0 aliphatic heterocycles. The number of nitrogens with one attached hydrogen (secondary N) is 3. The number of H-pyrrole nitrogens is 1. The number of aryl methyl sites for hydroxylation is 1. The van der Waals surface area contributed by atoms with Crippen molar-refractivity contribution in [1.82, 2.24) is 15.0 Å². The fourth-order valence-corrected chi connectivity index (χ4v) is 4.31. The van der Waals surface area contributed by atoms with E-state index < -0.39 is 11.8 Å². The Hall–Kier alpha value is -4.04. The van der Waals surface area contributed by atoms with Crippen molar-refractivity contribution in [3.8, 4) is 10.6 Å². The van der Waals surface area contributed by atoms with Crippen molar-refractivity contribution < 1.29 is 9.59 Å². The van der Waals surface area contributed by atoms with Crippen molar-refractivity contribution in [2.45, 2.75) is 6.92 Å². The van der Waals surface area contributed by atoms with Crippen LogP contribution in [0.2, 0.25) is 0 Å². The van der Waals surface area contributed by atoms with Crippen LogP contribution in [0.4, 0.5) is 11.4 Å². The zero-order valence-electron chi connectivity index (χ0n) is 16.5. The quantitative estimate of drug-likeness (QED) is 0.363. The lowest BCUT2D eigenvalue weighted by Crippen LogP contribution is -2.29. The van der Waals surface area contributed by atoms with E-state index in [1.54, 1.807) is 48.0 Å². The Bertz CT molecular complexity index is 1440. The van der Waals surface area contributed by atoms with E-state index in [0.29, 0.717) is 11.4 Å². The molecule has 3 aromatic carbocycles. The molecule has 8 heteroatoms. The number of aromatic nitrogens is 3. The van der Waals surface area contributed by atoms with Gasteiger partial charge in [0.05, 0.1) is 27.6 Å². The largest absolute Gasteiger partial charge is 0.345 e. The summed E-state index contributed by atoms with van der Waals surface area (Å²) in [5.41, 5.74) is 5.72. The maximum absolute atomic E-state index is 12.3. The fourth-order valence-electron chi connectivity index (χ4n) is 3.24. The van der Waals surface area contributed by atoms with Crippen molar-refractivity contribution in [2.24, 2.45) is 0 Å². The monoisotopic (exact) mass is 427 g/mol. The molecule has 152 valence electrons. The summed E-state index contributed by atoms with van der Waals surface area (Å²) in [4.78, 5) is 36.3. The number of anilines is 2. The number of nitrogens with zero attached hydrogens (tertiary/aromatic N) is 2. The number of carbonyl (C=O) groups excluding carboxylic acids is 2. The van der Waals surface area contributed by atoms with Gasteiger partial charge in [-0.3, -0.25) is 9.59 Å². The lowest BCUT2D eigenvalue weighted by atomic mass is 10.2. The minimum absolute atomic E-state index is 0.512. The van der Waals surface area contributed by atoms with E-state index in [0.717, 1.165) is 31.8 Å². The number of thiazole rings is 1. The molecule has 2 aromatic heterocycles. The Labute approximate surface area is 181 Å². The summed E-state index contributed by atoms with van der Waals surface area (Å²) < 4.78 is 1.14. The molecule has 31 heavy (non-hydrogen) atoms. The van der Waals surface area contributed by atoms with Gasteiger partial charge >= 0.3 is 11.8 Å². The third kappa shape index (κ3) is 3.88. The number of fused-ring (bicyclic) bond motifs is 2. The van der Waals surface area contributed by atoms with Crippen LogP contribution in [-0.4, -0.2) is 26.8 Å². The highest BCUT2D eigenvalue weighted by Crippen LogP contribution is 2.31. The van der Waals surface area contributed by atoms with Gasteiger partial charge in [0, 0.05) is 16.9 Å². The topological polar surface area (TPSA) is 99.8 Å². The molecule has 0 radical (unpaired) electrons. The predicted molar refractivity (Wildman–Crippen MR) is 123 cm³/mol. The molecule has 0 unspecified atom stereocenters. The maximum atomic E-state index is 12.3. The second-order valence-corrected chi connectivity index (χ2v) is 8.14. The number of imidazole rings is 1. The lowest BCUT2D eigenvalue weighted by Gasteiger charge is -2.07. The van der Waals surface area contributed by atoms with Crippen LogP contribution in [0, 0.1) is 6.92 Å². The molecule has 5 rings (SSSR count). The molecule has 0 saturated heterocycles. The number of hydrogen-bond donors (Lipinski definition) is 3. The molecular formula is C23H17N5O2S. The normalized spacial score (nSPS) is 11.0. The molecule has 0 aliphatic rings. The molecule has 0 aliphatic carbocycles. The molecule has 0 bridgehead atoms. The first kappa shape index (κ1) is 19.0. The standard InChI is InChI=1S/C23H17N5O2S/c1-13-2-8-18-20(10-13)31-23(28-18)14-3-5-15(6-4-14)26-21(29)22(30)27-16-7-9-17-19(11-16)25-12-24-17/h2-12H,1H3,(H,24,25)(H,26,29)(H,27,30). The molecular weight excluding hydrogens is 410 g/mol. The van der Waals surface area contributed by atoms with Gasteiger partial charge < -0.3 is 15.6 Å². The molecule has 5 aromatic rings. The predicted octanol–water partition coefficient (Wildman–Crippen LogP) is 4.73. The Morgan fingerprint density at radius 3 is 2.39 bits per heavy atom. The highest BCUT2D eigenvalue weighted by Gasteiger charge is 2.15. The van der Waals surface area contributed by atoms with Crippen LogP contribution in [-0.2, 0) is 9.59 Å². The molecule has 7 nitrogen and oxygen atoms in total. The highest BCUT2D eigenvalue weighted by molar-refractivity contribution is 7.21. The van der Waals surface area contributed by atoms with E-state index in [1.165, 1.54) is 5.56 Å². The van der Waals surface area contributed by atoms with Crippen LogP contribution in [0.1, 0.15) is 5.56 Å². The van der Waals surface area contributed by atoms with Crippen molar-refractivity contribution in [1.29, 1.82) is 0 Å². The first-order valence-corrected chi connectivity index (χ1v) is 10.4. The van der Waals surface area contributed by atoms with E-state index in [2.05, 4.69) is 38.6 Å². The van der Waals surface area contributed by atoms with Crippen molar-refractivity contribution >= 4 is 55.8 Å². The smallest absolute Gasteiger partial charge is 0.314 e. The van der Waals surface area contributed by atoms with Gasteiger partial charge in [0.15, 0.2) is 0 Å². The average Bonchev–Trinajstić information content (AvgIpc) is 3.40. The van der Waals surface area contributed by atoms with Crippen LogP contribution in [0.5, 0.6) is 0 Å². The number of hydrogen-bond acceptors (Lipinski definition) is 5.